The second-order valence-electron chi connectivity index (χ2n) is 4.00. The van der Waals surface area contributed by atoms with E-state index in [0.717, 1.165) is 16.9 Å². The van der Waals surface area contributed by atoms with Crippen LogP contribution in [0.2, 0.25) is 5.02 Å². The first kappa shape index (κ1) is 8.31. The van der Waals surface area contributed by atoms with Crippen molar-refractivity contribution in [1.29, 1.82) is 0 Å². The summed E-state index contributed by atoms with van der Waals surface area (Å²) in [5.74, 6) is 2.17. The SMILES string of the molecule is Clc1ccc(C2C3C=CC=CC32)cc1. The van der Waals surface area contributed by atoms with Crippen LogP contribution in [0.1, 0.15) is 11.5 Å². The fraction of sp³-hybridized carbons (Fsp3) is 0.231. The van der Waals surface area contributed by atoms with Crippen molar-refractivity contribution in [2.75, 3.05) is 0 Å². The molecule has 2 unspecified atom stereocenters. The second-order valence-corrected chi connectivity index (χ2v) is 4.44. The zero-order valence-corrected chi connectivity index (χ0v) is 8.48. The van der Waals surface area contributed by atoms with Gasteiger partial charge in [-0.3, -0.25) is 0 Å². The first-order valence-corrected chi connectivity index (χ1v) is 5.34. The van der Waals surface area contributed by atoms with Gasteiger partial charge in [0.25, 0.3) is 0 Å². The molecule has 0 aromatic heterocycles. The van der Waals surface area contributed by atoms with Gasteiger partial charge in [0.2, 0.25) is 0 Å². The van der Waals surface area contributed by atoms with Gasteiger partial charge in [0, 0.05) is 5.02 Å². The van der Waals surface area contributed by atoms with Crippen LogP contribution in [-0.4, -0.2) is 0 Å². The summed E-state index contributed by atoms with van der Waals surface area (Å²) in [5.41, 5.74) is 1.42. The molecule has 1 aromatic rings. The van der Waals surface area contributed by atoms with Gasteiger partial charge in [-0.1, -0.05) is 48.0 Å². The van der Waals surface area contributed by atoms with Crippen LogP contribution in [0, 0.1) is 11.8 Å². The Morgan fingerprint density at radius 1 is 0.857 bits per heavy atom. The standard InChI is InChI=1S/C13H11Cl/c14-10-7-5-9(6-8-10)13-11-3-1-2-4-12(11)13/h1-8,11-13H. The number of allylic oxidation sites excluding steroid dienone is 4. The lowest BCUT2D eigenvalue weighted by Crippen LogP contribution is -1.80. The van der Waals surface area contributed by atoms with E-state index in [4.69, 9.17) is 11.6 Å². The minimum absolute atomic E-state index is 0.697. The van der Waals surface area contributed by atoms with Crippen molar-refractivity contribution < 1.29 is 0 Å². The van der Waals surface area contributed by atoms with Crippen molar-refractivity contribution in [2.24, 2.45) is 11.8 Å². The molecule has 0 amide bonds. The molecule has 0 N–H and O–H groups in total. The Labute approximate surface area is 88.9 Å². The highest BCUT2D eigenvalue weighted by molar-refractivity contribution is 6.30. The number of hydrogen-bond acceptors (Lipinski definition) is 0. The largest absolute Gasteiger partial charge is 0.0843 e. The summed E-state index contributed by atoms with van der Waals surface area (Å²) < 4.78 is 0. The predicted molar refractivity (Wildman–Crippen MR) is 59.5 cm³/mol. The van der Waals surface area contributed by atoms with Gasteiger partial charge < -0.3 is 0 Å². The maximum atomic E-state index is 5.86. The first-order chi connectivity index (χ1) is 6.86. The van der Waals surface area contributed by atoms with Gasteiger partial charge in [-0.25, -0.2) is 0 Å². The summed E-state index contributed by atoms with van der Waals surface area (Å²) >= 11 is 5.86. The molecule has 0 saturated heterocycles. The molecule has 0 spiro atoms. The van der Waals surface area contributed by atoms with Gasteiger partial charge in [-0.05, 0) is 35.4 Å². The molecule has 1 saturated carbocycles. The van der Waals surface area contributed by atoms with Gasteiger partial charge in [-0.15, -0.1) is 0 Å². The molecule has 0 radical (unpaired) electrons. The molecule has 1 aromatic carbocycles. The fourth-order valence-electron chi connectivity index (χ4n) is 2.37. The van der Waals surface area contributed by atoms with Crippen LogP contribution in [0.4, 0.5) is 0 Å². The van der Waals surface area contributed by atoms with E-state index < -0.39 is 0 Å². The molecule has 70 valence electrons. The zero-order chi connectivity index (χ0) is 9.54. The Morgan fingerprint density at radius 3 is 2.00 bits per heavy atom. The van der Waals surface area contributed by atoms with Gasteiger partial charge in [0.1, 0.15) is 0 Å². The molecule has 0 nitrogen and oxygen atoms in total. The highest BCUT2D eigenvalue weighted by Gasteiger charge is 2.47. The van der Waals surface area contributed by atoms with Crippen molar-refractivity contribution in [3.63, 3.8) is 0 Å². The van der Waals surface area contributed by atoms with Crippen molar-refractivity contribution in [2.45, 2.75) is 5.92 Å². The maximum Gasteiger partial charge on any atom is 0.0406 e. The normalized spacial score (nSPS) is 32.8. The fourth-order valence-corrected chi connectivity index (χ4v) is 2.50. The lowest BCUT2D eigenvalue weighted by Gasteiger charge is -1.97. The van der Waals surface area contributed by atoms with Crippen LogP contribution >= 0.6 is 11.6 Å². The van der Waals surface area contributed by atoms with E-state index in [-0.39, 0.29) is 0 Å². The van der Waals surface area contributed by atoms with Crippen molar-refractivity contribution in [3.8, 4) is 0 Å². The molecule has 3 rings (SSSR count). The molecular weight excluding hydrogens is 192 g/mol. The van der Waals surface area contributed by atoms with Crippen molar-refractivity contribution in [1.82, 2.24) is 0 Å². The third-order valence-corrected chi connectivity index (χ3v) is 3.42. The van der Waals surface area contributed by atoms with Gasteiger partial charge >= 0.3 is 0 Å². The second kappa shape index (κ2) is 2.99. The summed E-state index contributed by atoms with van der Waals surface area (Å²) in [6.07, 6.45) is 8.92. The Morgan fingerprint density at radius 2 is 1.43 bits per heavy atom. The summed E-state index contributed by atoms with van der Waals surface area (Å²) in [6, 6.07) is 8.25. The quantitative estimate of drug-likeness (QED) is 0.650. The average Bonchev–Trinajstić information content (AvgIpc) is 2.93. The smallest absolute Gasteiger partial charge is 0.0406 e. The topological polar surface area (TPSA) is 0 Å². The van der Waals surface area contributed by atoms with E-state index in [1.54, 1.807) is 0 Å². The number of benzene rings is 1. The number of fused-ring (bicyclic) bond motifs is 1. The summed E-state index contributed by atoms with van der Waals surface area (Å²) in [7, 11) is 0. The van der Waals surface area contributed by atoms with Gasteiger partial charge in [-0.2, -0.15) is 0 Å². The molecule has 2 atom stereocenters. The minimum Gasteiger partial charge on any atom is -0.0843 e. The molecule has 14 heavy (non-hydrogen) atoms. The summed E-state index contributed by atoms with van der Waals surface area (Å²) in [4.78, 5) is 0. The highest BCUT2D eigenvalue weighted by atomic mass is 35.5. The molecule has 1 heteroatoms. The maximum absolute atomic E-state index is 5.86. The number of halogens is 1. The molecule has 0 heterocycles. The van der Waals surface area contributed by atoms with Crippen molar-refractivity contribution >= 4 is 11.6 Å². The Hall–Kier alpha value is -1.01. The molecule has 0 aliphatic heterocycles. The van der Waals surface area contributed by atoms with Crippen LogP contribution in [0.3, 0.4) is 0 Å². The van der Waals surface area contributed by atoms with Crippen molar-refractivity contribution in [3.05, 3.63) is 59.2 Å². The minimum atomic E-state index is 0.697. The van der Waals surface area contributed by atoms with E-state index in [2.05, 4.69) is 36.4 Å². The Balaban J connectivity index is 1.89. The van der Waals surface area contributed by atoms with Gasteiger partial charge in [0.15, 0.2) is 0 Å². The van der Waals surface area contributed by atoms with Crippen LogP contribution in [0.5, 0.6) is 0 Å². The Bertz CT molecular complexity index is 382. The van der Waals surface area contributed by atoms with E-state index in [0.29, 0.717) is 5.92 Å². The zero-order valence-electron chi connectivity index (χ0n) is 7.73. The average molecular weight is 203 g/mol. The highest BCUT2D eigenvalue weighted by Crippen LogP contribution is 2.56. The molecule has 2 aliphatic rings. The Kier molecular flexibility index (Phi) is 1.78. The van der Waals surface area contributed by atoms with Crippen LogP contribution in [0.25, 0.3) is 0 Å². The molecule has 0 bridgehead atoms. The summed E-state index contributed by atoms with van der Waals surface area (Å²) in [6.45, 7) is 0. The van der Waals surface area contributed by atoms with E-state index >= 15 is 0 Å². The summed E-state index contributed by atoms with van der Waals surface area (Å²) in [5, 5.41) is 0.823. The van der Waals surface area contributed by atoms with Crippen LogP contribution in [0.15, 0.2) is 48.6 Å². The third-order valence-electron chi connectivity index (χ3n) is 3.17. The van der Waals surface area contributed by atoms with E-state index in [1.165, 1.54) is 5.56 Å². The van der Waals surface area contributed by atoms with E-state index in [1.807, 2.05) is 12.1 Å². The van der Waals surface area contributed by atoms with Crippen LogP contribution < -0.4 is 0 Å². The number of rotatable bonds is 1. The van der Waals surface area contributed by atoms with Gasteiger partial charge in [0.05, 0.1) is 0 Å². The lowest BCUT2D eigenvalue weighted by atomic mass is 10.1. The predicted octanol–water partition coefficient (Wildman–Crippen LogP) is 3.80. The molecule has 2 aliphatic carbocycles. The lowest BCUT2D eigenvalue weighted by molar-refractivity contribution is 0.981. The number of hydrogen-bond donors (Lipinski definition) is 0. The molecule has 1 fully saturated rings. The van der Waals surface area contributed by atoms with Crippen LogP contribution in [-0.2, 0) is 0 Å². The molecular formula is C13H11Cl. The van der Waals surface area contributed by atoms with E-state index in [9.17, 15) is 0 Å². The monoisotopic (exact) mass is 202 g/mol. The first-order valence-electron chi connectivity index (χ1n) is 4.97. The third kappa shape index (κ3) is 1.22.